The van der Waals surface area contributed by atoms with Crippen LogP contribution in [0, 0.1) is 0 Å². The summed E-state index contributed by atoms with van der Waals surface area (Å²) in [7, 11) is 1.59. The first kappa shape index (κ1) is 11.2. The SMILES string of the molecule is COc1ccc(NC/C=C/Cl)cc1Cl. The van der Waals surface area contributed by atoms with Crippen molar-refractivity contribution in [3.05, 3.63) is 34.8 Å². The Morgan fingerprint density at radius 3 is 2.86 bits per heavy atom. The summed E-state index contributed by atoms with van der Waals surface area (Å²) in [6.07, 6.45) is 1.81. The summed E-state index contributed by atoms with van der Waals surface area (Å²) in [4.78, 5) is 0. The lowest BCUT2D eigenvalue weighted by Crippen LogP contribution is -1.97. The lowest BCUT2D eigenvalue weighted by atomic mass is 10.3. The van der Waals surface area contributed by atoms with E-state index in [0.717, 1.165) is 5.69 Å². The van der Waals surface area contributed by atoms with E-state index in [1.807, 2.05) is 18.2 Å². The van der Waals surface area contributed by atoms with Crippen molar-refractivity contribution in [1.82, 2.24) is 0 Å². The van der Waals surface area contributed by atoms with E-state index in [1.54, 1.807) is 13.2 Å². The second kappa shape index (κ2) is 5.78. The Bertz CT molecular complexity index is 326. The normalized spacial score (nSPS) is 10.5. The molecule has 0 atom stereocenters. The van der Waals surface area contributed by atoms with Crippen LogP contribution in [0.25, 0.3) is 0 Å². The third-order valence-electron chi connectivity index (χ3n) is 1.66. The summed E-state index contributed by atoms with van der Waals surface area (Å²) in [5.41, 5.74) is 2.41. The van der Waals surface area contributed by atoms with Gasteiger partial charge in [-0.15, -0.1) is 0 Å². The maximum Gasteiger partial charge on any atom is 0.137 e. The van der Waals surface area contributed by atoms with E-state index in [1.165, 1.54) is 5.54 Å². The molecule has 0 amide bonds. The van der Waals surface area contributed by atoms with Gasteiger partial charge in [0.15, 0.2) is 0 Å². The van der Waals surface area contributed by atoms with Crippen LogP contribution in [0.3, 0.4) is 0 Å². The number of ether oxygens (including phenoxy) is 1. The molecule has 0 aliphatic heterocycles. The van der Waals surface area contributed by atoms with Crippen molar-refractivity contribution in [3.63, 3.8) is 0 Å². The molecule has 0 spiro atoms. The minimum atomic E-state index is 0.590. The highest BCUT2D eigenvalue weighted by atomic mass is 35.5. The minimum absolute atomic E-state index is 0.590. The quantitative estimate of drug-likeness (QED) is 0.857. The Morgan fingerprint density at radius 2 is 2.29 bits per heavy atom. The Hall–Kier alpha value is -0.860. The van der Waals surface area contributed by atoms with Crippen molar-refractivity contribution in [1.29, 1.82) is 0 Å². The highest BCUT2D eigenvalue weighted by Crippen LogP contribution is 2.26. The van der Waals surface area contributed by atoms with Crippen molar-refractivity contribution in [2.24, 2.45) is 0 Å². The molecule has 0 radical (unpaired) electrons. The van der Waals surface area contributed by atoms with E-state index in [2.05, 4.69) is 5.32 Å². The topological polar surface area (TPSA) is 21.3 Å². The Morgan fingerprint density at radius 1 is 1.50 bits per heavy atom. The second-order valence-corrected chi connectivity index (χ2v) is 3.25. The zero-order chi connectivity index (χ0) is 10.4. The molecular weight excluding hydrogens is 221 g/mol. The van der Waals surface area contributed by atoms with Gasteiger partial charge in [-0.25, -0.2) is 0 Å². The van der Waals surface area contributed by atoms with Crippen molar-refractivity contribution < 1.29 is 4.74 Å². The molecule has 76 valence electrons. The van der Waals surface area contributed by atoms with Gasteiger partial charge in [0.05, 0.1) is 12.1 Å². The number of hydrogen-bond donors (Lipinski definition) is 1. The van der Waals surface area contributed by atoms with Crippen LogP contribution in [0.4, 0.5) is 5.69 Å². The van der Waals surface area contributed by atoms with Crippen LogP contribution in [0.2, 0.25) is 5.02 Å². The summed E-state index contributed by atoms with van der Waals surface area (Å²) in [6, 6.07) is 5.52. The second-order valence-electron chi connectivity index (χ2n) is 2.59. The summed E-state index contributed by atoms with van der Waals surface area (Å²) >= 11 is 11.3. The molecule has 0 unspecified atom stereocenters. The van der Waals surface area contributed by atoms with Crippen molar-refractivity contribution in [2.75, 3.05) is 19.0 Å². The molecule has 1 aromatic rings. The van der Waals surface area contributed by atoms with Gasteiger partial charge in [-0.2, -0.15) is 0 Å². The highest BCUT2D eigenvalue weighted by molar-refractivity contribution is 6.32. The molecule has 4 heteroatoms. The average molecular weight is 232 g/mol. The standard InChI is InChI=1S/C10H11Cl2NO/c1-14-10-4-3-8(7-9(10)12)13-6-2-5-11/h2-5,7,13H,6H2,1H3/b5-2+. The monoisotopic (exact) mass is 231 g/mol. The van der Waals surface area contributed by atoms with Crippen LogP contribution in [0.5, 0.6) is 5.75 Å². The molecule has 0 fully saturated rings. The van der Waals surface area contributed by atoms with Gasteiger partial charge >= 0.3 is 0 Å². The van der Waals surface area contributed by atoms with E-state index in [0.29, 0.717) is 17.3 Å². The molecule has 0 aliphatic carbocycles. The largest absolute Gasteiger partial charge is 0.495 e. The first-order chi connectivity index (χ1) is 6.77. The van der Waals surface area contributed by atoms with E-state index in [4.69, 9.17) is 27.9 Å². The zero-order valence-electron chi connectivity index (χ0n) is 7.76. The van der Waals surface area contributed by atoms with Gasteiger partial charge in [-0.1, -0.05) is 29.3 Å². The minimum Gasteiger partial charge on any atom is -0.495 e. The number of benzene rings is 1. The smallest absolute Gasteiger partial charge is 0.137 e. The molecule has 1 rings (SSSR count). The van der Waals surface area contributed by atoms with Gasteiger partial charge in [-0.05, 0) is 18.2 Å². The van der Waals surface area contributed by atoms with Crippen LogP contribution in [-0.2, 0) is 0 Å². The fraction of sp³-hybridized carbons (Fsp3) is 0.200. The van der Waals surface area contributed by atoms with Gasteiger partial charge in [0.2, 0.25) is 0 Å². The van der Waals surface area contributed by atoms with Gasteiger partial charge in [0.25, 0.3) is 0 Å². The highest BCUT2D eigenvalue weighted by Gasteiger charge is 2.00. The number of hydrogen-bond acceptors (Lipinski definition) is 2. The summed E-state index contributed by atoms with van der Waals surface area (Å²) < 4.78 is 5.03. The van der Waals surface area contributed by atoms with Crippen LogP contribution in [0.15, 0.2) is 29.8 Å². The number of halogens is 2. The Balaban J connectivity index is 2.66. The summed E-state index contributed by atoms with van der Waals surface area (Å²) in [6.45, 7) is 0.673. The molecule has 1 aromatic carbocycles. The Kier molecular flexibility index (Phi) is 4.63. The van der Waals surface area contributed by atoms with Crippen LogP contribution < -0.4 is 10.1 Å². The lowest BCUT2D eigenvalue weighted by Gasteiger charge is -2.06. The summed E-state index contributed by atoms with van der Waals surface area (Å²) in [5, 5.41) is 3.72. The van der Waals surface area contributed by atoms with Crippen LogP contribution in [0.1, 0.15) is 0 Å². The van der Waals surface area contributed by atoms with Gasteiger partial charge < -0.3 is 10.1 Å². The third-order valence-corrected chi connectivity index (χ3v) is 2.14. The molecule has 2 nitrogen and oxygen atoms in total. The molecular formula is C10H11Cl2NO. The van der Waals surface area contributed by atoms with Crippen molar-refractivity contribution in [3.8, 4) is 5.75 Å². The third kappa shape index (κ3) is 3.13. The molecule has 0 saturated carbocycles. The predicted octanol–water partition coefficient (Wildman–Crippen LogP) is 3.51. The molecule has 1 N–H and O–H groups in total. The molecule has 0 heterocycles. The van der Waals surface area contributed by atoms with Gasteiger partial charge in [0, 0.05) is 17.8 Å². The maximum atomic E-state index is 5.93. The summed E-state index contributed by atoms with van der Waals surface area (Å²) in [5.74, 6) is 0.671. The first-order valence-electron chi connectivity index (χ1n) is 4.10. The molecule has 0 saturated heterocycles. The maximum absolute atomic E-state index is 5.93. The van der Waals surface area contributed by atoms with E-state index in [-0.39, 0.29) is 0 Å². The number of rotatable bonds is 4. The van der Waals surface area contributed by atoms with E-state index < -0.39 is 0 Å². The predicted molar refractivity (Wildman–Crippen MR) is 61.5 cm³/mol. The van der Waals surface area contributed by atoms with Gasteiger partial charge in [-0.3, -0.25) is 0 Å². The number of anilines is 1. The van der Waals surface area contributed by atoms with E-state index >= 15 is 0 Å². The molecule has 14 heavy (non-hydrogen) atoms. The van der Waals surface area contributed by atoms with Crippen molar-refractivity contribution >= 4 is 28.9 Å². The fourth-order valence-electron chi connectivity index (χ4n) is 0.998. The first-order valence-corrected chi connectivity index (χ1v) is 4.92. The van der Waals surface area contributed by atoms with Crippen LogP contribution >= 0.6 is 23.2 Å². The van der Waals surface area contributed by atoms with Crippen molar-refractivity contribution in [2.45, 2.75) is 0 Å². The molecule has 0 bridgehead atoms. The average Bonchev–Trinajstić information content (AvgIpc) is 2.18. The van der Waals surface area contributed by atoms with E-state index in [9.17, 15) is 0 Å². The fourth-order valence-corrected chi connectivity index (χ4v) is 1.34. The van der Waals surface area contributed by atoms with Crippen LogP contribution in [-0.4, -0.2) is 13.7 Å². The van der Waals surface area contributed by atoms with Gasteiger partial charge in [0.1, 0.15) is 5.75 Å². The molecule has 0 aliphatic rings. The molecule has 0 aromatic heterocycles. The zero-order valence-corrected chi connectivity index (χ0v) is 9.27. The number of nitrogens with one attached hydrogen (secondary N) is 1. The Labute approximate surface area is 93.5 Å². The lowest BCUT2D eigenvalue weighted by molar-refractivity contribution is 0.415. The number of methoxy groups -OCH3 is 1.